The quantitative estimate of drug-likeness (QED) is 0.860. The second-order valence-electron chi connectivity index (χ2n) is 7.34. The first-order valence-corrected chi connectivity index (χ1v) is 9.10. The SMILES string of the molecule is Cc1ccc(-c2nnn(C)n2)cc1NC(=O)N1C[C@H]2CC[C@@H](C1)N(C)C2=O. The molecule has 1 aromatic carbocycles. The fourth-order valence-corrected chi connectivity index (χ4v) is 3.81. The molecule has 3 aliphatic rings. The van der Waals surface area contributed by atoms with Gasteiger partial charge in [-0.3, -0.25) is 4.79 Å². The Morgan fingerprint density at radius 3 is 2.78 bits per heavy atom. The summed E-state index contributed by atoms with van der Waals surface area (Å²) < 4.78 is 0. The lowest BCUT2D eigenvalue weighted by molar-refractivity contribution is -0.138. The Morgan fingerprint density at radius 1 is 1.22 bits per heavy atom. The van der Waals surface area contributed by atoms with Gasteiger partial charge in [0.2, 0.25) is 11.7 Å². The van der Waals surface area contributed by atoms with Crippen LogP contribution in [0.5, 0.6) is 0 Å². The number of carbonyl (C=O) groups is 2. The number of anilines is 1. The zero-order valence-corrected chi connectivity index (χ0v) is 15.7. The molecule has 0 aliphatic carbocycles. The van der Waals surface area contributed by atoms with Gasteiger partial charge in [-0.25, -0.2) is 4.79 Å². The van der Waals surface area contributed by atoms with Crippen molar-refractivity contribution in [2.45, 2.75) is 25.8 Å². The Hall–Kier alpha value is -2.97. The minimum absolute atomic E-state index is 0.0956. The zero-order valence-electron chi connectivity index (χ0n) is 15.7. The normalized spacial score (nSPS) is 22.1. The summed E-state index contributed by atoms with van der Waals surface area (Å²) in [5.74, 6) is 0.553. The van der Waals surface area contributed by atoms with Crippen molar-refractivity contribution in [3.8, 4) is 11.4 Å². The number of nitrogens with zero attached hydrogens (tertiary/aromatic N) is 6. The number of likely N-dealkylation sites (N-methyl/N-ethyl adjacent to an activating group) is 1. The van der Waals surface area contributed by atoms with E-state index in [4.69, 9.17) is 0 Å². The van der Waals surface area contributed by atoms with E-state index in [1.807, 2.05) is 32.2 Å². The third-order valence-corrected chi connectivity index (χ3v) is 5.50. The lowest BCUT2D eigenvalue weighted by atomic mass is 9.95. The van der Waals surface area contributed by atoms with Gasteiger partial charge < -0.3 is 15.1 Å². The second kappa shape index (κ2) is 6.64. The number of hydrogen-bond acceptors (Lipinski definition) is 5. The molecule has 27 heavy (non-hydrogen) atoms. The van der Waals surface area contributed by atoms with Gasteiger partial charge in [-0.05, 0) is 36.6 Å². The smallest absolute Gasteiger partial charge is 0.321 e. The highest BCUT2D eigenvalue weighted by molar-refractivity contribution is 5.92. The average molecular weight is 369 g/mol. The van der Waals surface area contributed by atoms with Crippen LogP contribution in [0.15, 0.2) is 18.2 Å². The summed E-state index contributed by atoms with van der Waals surface area (Å²) in [5, 5.41) is 15.1. The van der Waals surface area contributed by atoms with Crippen molar-refractivity contribution >= 4 is 17.6 Å². The van der Waals surface area contributed by atoms with Gasteiger partial charge in [0.25, 0.3) is 0 Å². The molecule has 0 unspecified atom stereocenters. The van der Waals surface area contributed by atoms with Gasteiger partial charge >= 0.3 is 6.03 Å². The van der Waals surface area contributed by atoms with E-state index in [-0.39, 0.29) is 23.9 Å². The number of rotatable bonds is 2. The van der Waals surface area contributed by atoms with Crippen molar-refractivity contribution in [1.29, 1.82) is 0 Å². The average Bonchev–Trinajstić information content (AvgIpc) is 2.90. The van der Waals surface area contributed by atoms with Crippen LogP contribution in [0.1, 0.15) is 18.4 Å². The Balaban J connectivity index is 1.54. The zero-order chi connectivity index (χ0) is 19.1. The van der Waals surface area contributed by atoms with Crippen molar-refractivity contribution in [1.82, 2.24) is 30.0 Å². The van der Waals surface area contributed by atoms with Gasteiger partial charge in [0, 0.05) is 37.4 Å². The molecule has 142 valence electrons. The summed E-state index contributed by atoms with van der Waals surface area (Å²) in [5.41, 5.74) is 2.44. The molecule has 3 aliphatic heterocycles. The number of tetrazole rings is 1. The maximum atomic E-state index is 12.9. The predicted molar refractivity (Wildman–Crippen MR) is 98.8 cm³/mol. The molecule has 3 fully saturated rings. The van der Waals surface area contributed by atoms with E-state index in [9.17, 15) is 9.59 Å². The molecule has 0 spiro atoms. The Bertz CT molecular complexity index is 894. The van der Waals surface area contributed by atoms with E-state index in [2.05, 4.69) is 20.7 Å². The van der Waals surface area contributed by atoms with Crippen LogP contribution in [0.4, 0.5) is 10.5 Å². The van der Waals surface area contributed by atoms with E-state index >= 15 is 0 Å². The fraction of sp³-hybridized carbons (Fsp3) is 0.500. The number of amides is 3. The van der Waals surface area contributed by atoms with Crippen LogP contribution < -0.4 is 5.32 Å². The summed E-state index contributed by atoms with van der Waals surface area (Å²) in [6.07, 6.45) is 1.80. The van der Waals surface area contributed by atoms with Crippen LogP contribution in [-0.2, 0) is 11.8 Å². The van der Waals surface area contributed by atoms with Gasteiger partial charge in [0.05, 0.1) is 13.0 Å². The summed E-state index contributed by atoms with van der Waals surface area (Å²) in [4.78, 5) is 30.2. The molecule has 2 bridgehead atoms. The van der Waals surface area contributed by atoms with Gasteiger partial charge in [0.15, 0.2) is 0 Å². The van der Waals surface area contributed by atoms with E-state index in [1.165, 1.54) is 4.80 Å². The Kier molecular flexibility index (Phi) is 4.29. The number of piperidine rings is 1. The minimum Gasteiger partial charge on any atom is -0.341 e. The number of benzene rings is 1. The highest BCUT2D eigenvalue weighted by Crippen LogP contribution is 2.29. The van der Waals surface area contributed by atoms with Gasteiger partial charge in [-0.2, -0.15) is 4.80 Å². The van der Waals surface area contributed by atoms with E-state index in [0.29, 0.717) is 24.6 Å². The fourth-order valence-electron chi connectivity index (χ4n) is 3.81. The number of carbonyl (C=O) groups excluding carboxylic acids is 2. The number of nitrogens with one attached hydrogen (secondary N) is 1. The predicted octanol–water partition coefficient (Wildman–Crippen LogP) is 1.27. The summed E-state index contributed by atoms with van der Waals surface area (Å²) >= 11 is 0. The molecule has 9 nitrogen and oxygen atoms in total. The lowest BCUT2D eigenvalue weighted by Crippen LogP contribution is -2.45. The van der Waals surface area contributed by atoms with E-state index in [1.54, 1.807) is 16.8 Å². The van der Waals surface area contributed by atoms with Crippen molar-refractivity contribution in [3.63, 3.8) is 0 Å². The van der Waals surface area contributed by atoms with Crippen LogP contribution >= 0.6 is 0 Å². The molecule has 5 rings (SSSR count). The number of urea groups is 1. The molecule has 3 saturated heterocycles. The number of hydrogen-bond donors (Lipinski definition) is 1. The minimum atomic E-state index is -0.178. The van der Waals surface area contributed by atoms with Gasteiger partial charge in [-0.1, -0.05) is 12.1 Å². The van der Waals surface area contributed by atoms with E-state index in [0.717, 1.165) is 24.0 Å². The monoisotopic (exact) mass is 369 g/mol. The molecule has 0 saturated carbocycles. The maximum absolute atomic E-state index is 12.9. The van der Waals surface area contributed by atoms with Crippen LogP contribution in [-0.4, -0.2) is 68.1 Å². The maximum Gasteiger partial charge on any atom is 0.321 e. The summed E-state index contributed by atoms with van der Waals surface area (Å²) in [7, 11) is 3.54. The topological polar surface area (TPSA) is 96.2 Å². The highest BCUT2D eigenvalue weighted by atomic mass is 16.2. The molecule has 0 radical (unpaired) electrons. The molecular formula is C18H23N7O2. The number of aromatic nitrogens is 4. The van der Waals surface area contributed by atoms with Crippen molar-refractivity contribution in [2.24, 2.45) is 13.0 Å². The Labute approximate surface area is 157 Å². The van der Waals surface area contributed by atoms with E-state index < -0.39 is 0 Å². The van der Waals surface area contributed by atoms with Crippen LogP contribution in [0.2, 0.25) is 0 Å². The Morgan fingerprint density at radius 2 is 2.04 bits per heavy atom. The van der Waals surface area contributed by atoms with Crippen LogP contribution in [0.3, 0.4) is 0 Å². The summed E-state index contributed by atoms with van der Waals surface area (Å²) in [6.45, 7) is 2.97. The molecule has 3 amide bonds. The van der Waals surface area contributed by atoms with Crippen LogP contribution in [0.25, 0.3) is 11.4 Å². The molecule has 2 atom stereocenters. The van der Waals surface area contributed by atoms with Gasteiger partial charge in [-0.15, -0.1) is 10.2 Å². The number of aryl methyl sites for hydroxylation is 2. The third kappa shape index (κ3) is 3.24. The lowest BCUT2D eigenvalue weighted by Gasteiger charge is -2.32. The molecular weight excluding hydrogens is 346 g/mol. The van der Waals surface area contributed by atoms with Crippen LogP contribution in [0, 0.1) is 12.8 Å². The third-order valence-electron chi connectivity index (χ3n) is 5.50. The standard InChI is InChI=1S/C18H23N7O2/c1-11-4-5-12(16-20-22-24(3)21-16)8-15(11)19-18(27)25-9-13-6-7-14(10-25)23(2)17(13)26/h4-5,8,13-14H,6-7,9-10H2,1-3H3,(H,19,27)/t13-,14+/m1/s1. The highest BCUT2D eigenvalue weighted by Gasteiger charge is 2.40. The number of fused-ring (bicyclic) bond motifs is 4. The first-order valence-electron chi connectivity index (χ1n) is 9.10. The largest absolute Gasteiger partial charge is 0.341 e. The molecule has 2 aromatic rings. The van der Waals surface area contributed by atoms with Gasteiger partial charge in [0.1, 0.15) is 0 Å². The molecule has 9 heteroatoms. The van der Waals surface area contributed by atoms with Crippen molar-refractivity contribution in [3.05, 3.63) is 23.8 Å². The molecule has 1 N–H and O–H groups in total. The van der Waals surface area contributed by atoms with Crippen molar-refractivity contribution < 1.29 is 9.59 Å². The second-order valence-corrected chi connectivity index (χ2v) is 7.34. The summed E-state index contributed by atoms with van der Waals surface area (Å²) in [6, 6.07) is 5.60. The molecule has 1 aromatic heterocycles. The van der Waals surface area contributed by atoms with Crippen molar-refractivity contribution in [2.75, 3.05) is 25.5 Å². The first kappa shape index (κ1) is 17.4. The molecule has 4 heterocycles. The first-order chi connectivity index (χ1) is 12.9.